The highest BCUT2D eigenvalue weighted by Gasteiger charge is 2.35. The lowest BCUT2D eigenvalue weighted by Gasteiger charge is -2.16. The molecule has 2 rings (SSSR count). The van der Waals surface area contributed by atoms with Gasteiger partial charge in [-0.3, -0.25) is 9.59 Å². The van der Waals surface area contributed by atoms with Crippen LogP contribution in [0.2, 0.25) is 0 Å². The zero-order chi connectivity index (χ0) is 13.8. The first-order chi connectivity index (χ1) is 9.19. The molecule has 5 nitrogen and oxygen atoms in total. The number of nitrogens with zero attached hydrogens (tertiary/aromatic N) is 1. The maximum absolute atomic E-state index is 11.9. The van der Waals surface area contributed by atoms with E-state index in [-0.39, 0.29) is 0 Å². The molecule has 1 heterocycles. The summed E-state index contributed by atoms with van der Waals surface area (Å²) < 4.78 is 10.1. The molecule has 0 bridgehead atoms. The van der Waals surface area contributed by atoms with Gasteiger partial charge in [0, 0.05) is 26.3 Å². The number of carbonyl (C=O) groups excluding carboxylic acids is 2. The van der Waals surface area contributed by atoms with Gasteiger partial charge in [0.25, 0.3) is 11.7 Å². The van der Waals surface area contributed by atoms with Crippen LogP contribution in [-0.2, 0) is 9.53 Å². The second kappa shape index (κ2) is 5.84. The van der Waals surface area contributed by atoms with Gasteiger partial charge in [0.2, 0.25) is 0 Å². The van der Waals surface area contributed by atoms with Crippen molar-refractivity contribution in [2.24, 2.45) is 0 Å². The van der Waals surface area contributed by atoms with Gasteiger partial charge >= 0.3 is 0 Å². The third kappa shape index (κ3) is 2.61. The van der Waals surface area contributed by atoms with Crippen molar-refractivity contribution in [1.29, 1.82) is 0 Å². The summed E-state index contributed by atoms with van der Waals surface area (Å²) in [6.07, 6.45) is 1.65. The monoisotopic (exact) mass is 263 g/mol. The summed E-state index contributed by atoms with van der Waals surface area (Å²) in [5.74, 6) is -0.256. The average Bonchev–Trinajstić information content (AvgIpc) is 2.67. The number of rotatable bonds is 6. The first kappa shape index (κ1) is 13.5. The van der Waals surface area contributed by atoms with Crippen LogP contribution in [0.15, 0.2) is 18.2 Å². The normalized spacial score (nSPS) is 13.9. The summed E-state index contributed by atoms with van der Waals surface area (Å²) in [6.45, 7) is 1.18. The van der Waals surface area contributed by atoms with E-state index < -0.39 is 11.7 Å². The lowest BCUT2D eigenvalue weighted by atomic mass is 10.1. The van der Waals surface area contributed by atoms with Gasteiger partial charge in [-0.2, -0.15) is 0 Å². The number of Topliss-reactive ketones (excluding diaryl/α,β-unsaturated/α-hetero) is 1. The minimum atomic E-state index is -0.458. The molecule has 19 heavy (non-hydrogen) atoms. The Morgan fingerprint density at radius 3 is 2.63 bits per heavy atom. The molecule has 0 spiro atoms. The second-order valence-corrected chi connectivity index (χ2v) is 4.37. The molecule has 1 aromatic carbocycles. The molecule has 0 N–H and O–H groups in total. The van der Waals surface area contributed by atoms with Gasteiger partial charge in [-0.1, -0.05) is 0 Å². The summed E-state index contributed by atoms with van der Waals surface area (Å²) >= 11 is 0. The van der Waals surface area contributed by atoms with Crippen LogP contribution < -0.4 is 9.64 Å². The number of hydrogen-bond acceptors (Lipinski definition) is 4. The number of ketones is 1. The fraction of sp³-hybridized carbons (Fsp3) is 0.429. The predicted octanol–water partition coefficient (Wildman–Crippen LogP) is 1.65. The molecule has 1 aliphatic rings. The van der Waals surface area contributed by atoms with Crippen LogP contribution >= 0.6 is 0 Å². The maximum Gasteiger partial charge on any atom is 0.299 e. The Bertz CT molecular complexity index is 498. The molecule has 1 amide bonds. The largest absolute Gasteiger partial charge is 0.497 e. The van der Waals surface area contributed by atoms with E-state index in [1.807, 2.05) is 0 Å². The molecule has 0 saturated carbocycles. The lowest BCUT2D eigenvalue weighted by molar-refractivity contribution is -0.114. The zero-order valence-electron chi connectivity index (χ0n) is 11.1. The van der Waals surface area contributed by atoms with Gasteiger partial charge in [0.1, 0.15) is 5.75 Å². The first-order valence-electron chi connectivity index (χ1n) is 6.22. The van der Waals surface area contributed by atoms with Crippen LogP contribution in [0.1, 0.15) is 23.2 Å². The van der Waals surface area contributed by atoms with E-state index in [1.165, 1.54) is 4.90 Å². The van der Waals surface area contributed by atoms with Crippen molar-refractivity contribution in [3.05, 3.63) is 23.8 Å². The van der Waals surface area contributed by atoms with Gasteiger partial charge in [0.05, 0.1) is 18.4 Å². The smallest absolute Gasteiger partial charge is 0.299 e. The topological polar surface area (TPSA) is 55.8 Å². The molecule has 0 saturated heterocycles. The fourth-order valence-electron chi connectivity index (χ4n) is 2.14. The number of unbranched alkanes of at least 4 members (excludes halogenated alkanes) is 1. The van der Waals surface area contributed by atoms with E-state index in [0.717, 1.165) is 12.8 Å². The van der Waals surface area contributed by atoms with Crippen molar-refractivity contribution in [1.82, 2.24) is 0 Å². The van der Waals surface area contributed by atoms with Crippen molar-refractivity contribution < 1.29 is 19.1 Å². The van der Waals surface area contributed by atoms with Crippen LogP contribution in [0, 0.1) is 0 Å². The van der Waals surface area contributed by atoms with Crippen LogP contribution in [0.3, 0.4) is 0 Å². The number of amides is 1. The van der Waals surface area contributed by atoms with Crippen molar-refractivity contribution in [3.8, 4) is 5.75 Å². The second-order valence-electron chi connectivity index (χ2n) is 4.37. The number of anilines is 1. The van der Waals surface area contributed by atoms with E-state index in [2.05, 4.69) is 0 Å². The van der Waals surface area contributed by atoms with E-state index in [0.29, 0.717) is 30.2 Å². The summed E-state index contributed by atoms with van der Waals surface area (Å²) in [5.41, 5.74) is 1.10. The molecule has 0 radical (unpaired) electrons. The maximum atomic E-state index is 11.9. The summed E-state index contributed by atoms with van der Waals surface area (Å²) in [5, 5.41) is 0. The highest BCUT2D eigenvalue weighted by atomic mass is 16.5. The molecule has 0 aliphatic carbocycles. The molecular formula is C14H17NO4. The molecule has 1 aromatic rings. The molecule has 1 aliphatic heterocycles. The number of methoxy groups -OCH3 is 2. The minimum Gasteiger partial charge on any atom is -0.497 e. The van der Waals surface area contributed by atoms with Crippen molar-refractivity contribution in [3.63, 3.8) is 0 Å². The van der Waals surface area contributed by atoms with Gasteiger partial charge in [-0.25, -0.2) is 0 Å². The van der Waals surface area contributed by atoms with Gasteiger partial charge in [0.15, 0.2) is 0 Å². The Hall–Kier alpha value is -1.88. The average molecular weight is 263 g/mol. The van der Waals surface area contributed by atoms with E-state index in [4.69, 9.17) is 9.47 Å². The SMILES string of the molecule is COCCCCN1C(=O)C(=O)c2ccc(OC)cc21. The lowest BCUT2D eigenvalue weighted by Crippen LogP contribution is -2.30. The highest BCUT2D eigenvalue weighted by Crippen LogP contribution is 2.32. The van der Waals surface area contributed by atoms with Crippen molar-refractivity contribution >= 4 is 17.4 Å². The van der Waals surface area contributed by atoms with Gasteiger partial charge in [-0.15, -0.1) is 0 Å². The third-order valence-corrected chi connectivity index (χ3v) is 3.16. The van der Waals surface area contributed by atoms with Crippen LogP contribution in [-0.4, -0.2) is 39.1 Å². The predicted molar refractivity (Wildman–Crippen MR) is 70.8 cm³/mol. The van der Waals surface area contributed by atoms with Crippen LogP contribution in [0.4, 0.5) is 5.69 Å². The zero-order valence-corrected chi connectivity index (χ0v) is 11.1. The fourth-order valence-corrected chi connectivity index (χ4v) is 2.14. The molecule has 0 unspecified atom stereocenters. The number of fused-ring (bicyclic) bond motifs is 1. The molecule has 5 heteroatoms. The quantitative estimate of drug-likeness (QED) is 0.578. The standard InChI is InChI=1S/C14H17NO4/c1-18-8-4-3-7-15-12-9-10(19-2)5-6-11(12)13(16)14(15)17/h5-6,9H,3-4,7-8H2,1-2H3. The van der Waals surface area contributed by atoms with Gasteiger partial charge < -0.3 is 14.4 Å². The Balaban J connectivity index is 2.17. The molecule has 0 fully saturated rings. The first-order valence-corrected chi connectivity index (χ1v) is 6.22. The highest BCUT2D eigenvalue weighted by molar-refractivity contribution is 6.52. The van der Waals surface area contributed by atoms with E-state index in [1.54, 1.807) is 32.4 Å². The molecule has 0 aromatic heterocycles. The van der Waals surface area contributed by atoms with Crippen molar-refractivity contribution in [2.45, 2.75) is 12.8 Å². The van der Waals surface area contributed by atoms with E-state index >= 15 is 0 Å². The Morgan fingerprint density at radius 1 is 1.16 bits per heavy atom. The Morgan fingerprint density at radius 2 is 1.95 bits per heavy atom. The van der Waals surface area contributed by atoms with Crippen LogP contribution in [0.5, 0.6) is 5.75 Å². The number of hydrogen-bond donors (Lipinski definition) is 0. The minimum absolute atomic E-state index is 0.440. The Kier molecular flexibility index (Phi) is 4.16. The van der Waals surface area contributed by atoms with Crippen molar-refractivity contribution in [2.75, 3.05) is 32.3 Å². The Labute approximate surface area is 112 Å². The number of ether oxygens (including phenoxy) is 2. The third-order valence-electron chi connectivity index (χ3n) is 3.16. The molecular weight excluding hydrogens is 246 g/mol. The number of benzene rings is 1. The number of carbonyl (C=O) groups is 2. The summed E-state index contributed by atoms with van der Waals surface area (Å²) in [4.78, 5) is 25.3. The van der Waals surface area contributed by atoms with Crippen LogP contribution in [0.25, 0.3) is 0 Å². The van der Waals surface area contributed by atoms with Gasteiger partial charge in [-0.05, 0) is 25.0 Å². The molecule has 0 atom stereocenters. The van der Waals surface area contributed by atoms with E-state index in [9.17, 15) is 9.59 Å². The molecule has 102 valence electrons. The summed E-state index contributed by atoms with van der Waals surface area (Å²) in [7, 11) is 3.20. The summed E-state index contributed by atoms with van der Waals surface area (Å²) in [6, 6.07) is 5.07.